The SMILES string of the molecule is CCn1cc(NC(=O)Cn2c(C)nc3ccc(F)cc3c2=O)c(C)n1. The molecule has 3 rings (SSSR count). The summed E-state index contributed by atoms with van der Waals surface area (Å²) < 4.78 is 16.4. The Balaban J connectivity index is 1.90. The van der Waals surface area contributed by atoms with E-state index >= 15 is 0 Å². The van der Waals surface area contributed by atoms with E-state index in [1.165, 1.54) is 16.7 Å². The van der Waals surface area contributed by atoms with Crippen molar-refractivity contribution in [3.63, 3.8) is 0 Å². The number of carbonyl (C=O) groups is 1. The van der Waals surface area contributed by atoms with Gasteiger partial charge in [-0.25, -0.2) is 9.37 Å². The molecule has 0 fully saturated rings. The van der Waals surface area contributed by atoms with E-state index < -0.39 is 11.4 Å². The summed E-state index contributed by atoms with van der Waals surface area (Å²) in [4.78, 5) is 29.2. The summed E-state index contributed by atoms with van der Waals surface area (Å²) in [5, 5.41) is 7.14. The van der Waals surface area contributed by atoms with Crippen molar-refractivity contribution in [2.45, 2.75) is 33.9 Å². The third kappa shape index (κ3) is 3.28. The lowest BCUT2D eigenvalue weighted by atomic mass is 10.2. The van der Waals surface area contributed by atoms with Gasteiger partial charge in [-0.2, -0.15) is 5.10 Å². The third-order valence-electron chi connectivity index (χ3n) is 3.95. The van der Waals surface area contributed by atoms with E-state index in [4.69, 9.17) is 0 Å². The maximum atomic E-state index is 13.4. The number of carbonyl (C=O) groups excluding carboxylic acids is 1. The highest BCUT2D eigenvalue weighted by molar-refractivity contribution is 5.91. The molecule has 8 heteroatoms. The Morgan fingerprint density at radius 1 is 1.32 bits per heavy atom. The van der Waals surface area contributed by atoms with Crippen LogP contribution in [0.3, 0.4) is 0 Å². The van der Waals surface area contributed by atoms with Crippen molar-refractivity contribution in [1.29, 1.82) is 0 Å². The molecular weight excluding hydrogens is 325 g/mol. The number of fused-ring (bicyclic) bond motifs is 1. The second-order valence-electron chi connectivity index (χ2n) is 5.74. The number of rotatable bonds is 4. The summed E-state index contributed by atoms with van der Waals surface area (Å²) in [5.74, 6) is -0.504. The van der Waals surface area contributed by atoms with Gasteiger partial charge in [-0.1, -0.05) is 0 Å². The molecule has 0 bridgehead atoms. The van der Waals surface area contributed by atoms with E-state index in [1.54, 1.807) is 24.7 Å². The zero-order valence-corrected chi connectivity index (χ0v) is 14.2. The highest BCUT2D eigenvalue weighted by atomic mass is 19.1. The van der Waals surface area contributed by atoms with Gasteiger partial charge in [0.25, 0.3) is 5.56 Å². The molecule has 130 valence electrons. The lowest BCUT2D eigenvalue weighted by molar-refractivity contribution is -0.116. The molecule has 0 atom stereocenters. The maximum Gasteiger partial charge on any atom is 0.261 e. The lowest BCUT2D eigenvalue weighted by Gasteiger charge is -2.11. The minimum Gasteiger partial charge on any atom is -0.322 e. The predicted molar refractivity (Wildman–Crippen MR) is 92.0 cm³/mol. The zero-order chi connectivity index (χ0) is 18.1. The molecule has 7 nitrogen and oxygen atoms in total. The summed E-state index contributed by atoms with van der Waals surface area (Å²) in [6.07, 6.45) is 1.73. The first-order valence-corrected chi connectivity index (χ1v) is 7.89. The van der Waals surface area contributed by atoms with Crippen LogP contribution < -0.4 is 10.9 Å². The van der Waals surface area contributed by atoms with Crippen LogP contribution in [0, 0.1) is 19.7 Å². The quantitative estimate of drug-likeness (QED) is 0.786. The Morgan fingerprint density at radius 3 is 2.76 bits per heavy atom. The molecule has 0 saturated carbocycles. The molecule has 2 heterocycles. The largest absolute Gasteiger partial charge is 0.322 e. The number of benzene rings is 1. The highest BCUT2D eigenvalue weighted by Crippen LogP contribution is 2.13. The summed E-state index contributed by atoms with van der Waals surface area (Å²) in [6.45, 7) is 5.86. The first kappa shape index (κ1) is 16.8. The van der Waals surface area contributed by atoms with Crippen LogP contribution in [-0.2, 0) is 17.9 Å². The molecule has 0 aliphatic carbocycles. The maximum absolute atomic E-state index is 13.4. The van der Waals surface area contributed by atoms with Crippen LogP contribution in [0.5, 0.6) is 0 Å². The first-order chi connectivity index (χ1) is 11.9. The Hall–Kier alpha value is -3.03. The van der Waals surface area contributed by atoms with Crippen molar-refractivity contribution >= 4 is 22.5 Å². The number of aromatic nitrogens is 4. The van der Waals surface area contributed by atoms with Crippen LogP contribution in [0.25, 0.3) is 10.9 Å². The molecular formula is C17H18FN5O2. The van der Waals surface area contributed by atoms with Crippen LogP contribution in [0.2, 0.25) is 0 Å². The second kappa shape index (κ2) is 6.46. The van der Waals surface area contributed by atoms with E-state index in [9.17, 15) is 14.0 Å². The van der Waals surface area contributed by atoms with Crippen LogP contribution >= 0.6 is 0 Å². The fourth-order valence-corrected chi connectivity index (χ4v) is 2.63. The van der Waals surface area contributed by atoms with Crippen LogP contribution in [-0.4, -0.2) is 25.2 Å². The van der Waals surface area contributed by atoms with Gasteiger partial charge in [-0.3, -0.25) is 18.8 Å². The number of hydrogen-bond acceptors (Lipinski definition) is 4. The van der Waals surface area contributed by atoms with Gasteiger partial charge in [-0.15, -0.1) is 0 Å². The molecule has 1 N–H and O–H groups in total. The molecule has 3 aromatic rings. The number of anilines is 1. The molecule has 1 amide bonds. The summed E-state index contributed by atoms with van der Waals surface area (Å²) in [7, 11) is 0. The molecule has 0 aliphatic rings. The van der Waals surface area contributed by atoms with Gasteiger partial charge in [0.05, 0.1) is 22.3 Å². The highest BCUT2D eigenvalue weighted by Gasteiger charge is 2.14. The fourth-order valence-electron chi connectivity index (χ4n) is 2.63. The first-order valence-electron chi connectivity index (χ1n) is 7.89. The normalized spacial score (nSPS) is 11.0. The van der Waals surface area contributed by atoms with Crippen molar-refractivity contribution in [1.82, 2.24) is 19.3 Å². The third-order valence-corrected chi connectivity index (χ3v) is 3.95. The van der Waals surface area contributed by atoms with E-state index in [-0.39, 0.29) is 17.8 Å². The number of nitrogens with one attached hydrogen (secondary N) is 1. The van der Waals surface area contributed by atoms with E-state index in [2.05, 4.69) is 15.4 Å². The Morgan fingerprint density at radius 2 is 2.08 bits per heavy atom. The number of nitrogens with zero attached hydrogens (tertiary/aromatic N) is 4. The van der Waals surface area contributed by atoms with Gasteiger partial charge in [0, 0.05) is 12.7 Å². The molecule has 25 heavy (non-hydrogen) atoms. The molecule has 0 spiro atoms. The van der Waals surface area contributed by atoms with Crippen molar-refractivity contribution in [3.8, 4) is 0 Å². The summed E-state index contributed by atoms with van der Waals surface area (Å²) >= 11 is 0. The molecule has 0 unspecified atom stereocenters. The van der Waals surface area contributed by atoms with E-state index in [0.717, 1.165) is 6.07 Å². The predicted octanol–water partition coefficient (Wildman–Crippen LogP) is 2.01. The van der Waals surface area contributed by atoms with Gasteiger partial charge in [0.2, 0.25) is 5.91 Å². The number of aryl methyl sites for hydroxylation is 3. The van der Waals surface area contributed by atoms with Crippen LogP contribution in [0.4, 0.5) is 10.1 Å². The average Bonchev–Trinajstić information content (AvgIpc) is 2.92. The number of hydrogen-bond donors (Lipinski definition) is 1. The lowest BCUT2D eigenvalue weighted by Crippen LogP contribution is -2.30. The number of halogens is 1. The minimum absolute atomic E-state index is 0.147. The van der Waals surface area contributed by atoms with E-state index in [0.29, 0.717) is 29.3 Å². The minimum atomic E-state index is -0.520. The van der Waals surface area contributed by atoms with Crippen molar-refractivity contribution in [2.75, 3.05) is 5.32 Å². The van der Waals surface area contributed by atoms with Gasteiger partial charge >= 0.3 is 0 Å². The van der Waals surface area contributed by atoms with Crippen LogP contribution in [0.1, 0.15) is 18.4 Å². The van der Waals surface area contributed by atoms with E-state index in [1.807, 2.05) is 6.92 Å². The smallest absolute Gasteiger partial charge is 0.261 e. The standard InChI is InChI=1S/C17H18FN5O2/c1-4-22-8-15(10(2)21-22)20-16(24)9-23-11(3)19-14-6-5-12(18)7-13(14)17(23)25/h5-8H,4,9H2,1-3H3,(H,20,24). The van der Waals surface area contributed by atoms with Crippen molar-refractivity contribution < 1.29 is 9.18 Å². The molecule has 0 saturated heterocycles. The second-order valence-corrected chi connectivity index (χ2v) is 5.74. The molecule has 0 radical (unpaired) electrons. The zero-order valence-electron chi connectivity index (χ0n) is 14.2. The molecule has 2 aromatic heterocycles. The Bertz CT molecular complexity index is 1020. The Kier molecular flexibility index (Phi) is 4.35. The topological polar surface area (TPSA) is 81.8 Å². The van der Waals surface area contributed by atoms with Crippen LogP contribution in [0.15, 0.2) is 29.2 Å². The number of amides is 1. The van der Waals surface area contributed by atoms with Gasteiger partial charge in [0.15, 0.2) is 0 Å². The monoisotopic (exact) mass is 343 g/mol. The molecule has 0 aliphatic heterocycles. The van der Waals surface area contributed by atoms with Gasteiger partial charge in [0.1, 0.15) is 18.2 Å². The van der Waals surface area contributed by atoms with Crippen molar-refractivity contribution in [3.05, 3.63) is 52.1 Å². The Labute approximate surface area is 143 Å². The fraction of sp³-hybridized carbons (Fsp3) is 0.294. The summed E-state index contributed by atoms with van der Waals surface area (Å²) in [6, 6.07) is 3.83. The molecule has 1 aromatic carbocycles. The van der Waals surface area contributed by atoms with Gasteiger partial charge < -0.3 is 5.32 Å². The summed E-state index contributed by atoms with van der Waals surface area (Å²) in [5.41, 5.74) is 1.24. The average molecular weight is 343 g/mol. The van der Waals surface area contributed by atoms with Gasteiger partial charge in [-0.05, 0) is 39.0 Å². The van der Waals surface area contributed by atoms with Crippen molar-refractivity contribution in [2.24, 2.45) is 0 Å².